The molecule has 130 valence electrons. The molecule has 0 aromatic heterocycles. The maximum Gasteiger partial charge on any atom is 0.342 e. The second-order valence-electron chi connectivity index (χ2n) is 5.94. The number of amidine groups is 1. The molecule has 25 heavy (non-hydrogen) atoms. The van der Waals surface area contributed by atoms with Crippen LogP contribution in [-0.2, 0) is 9.47 Å². The van der Waals surface area contributed by atoms with Gasteiger partial charge in [-0.1, -0.05) is 6.07 Å². The molecule has 0 radical (unpaired) electrons. The molecule has 0 bridgehead atoms. The van der Waals surface area contributed by atoms with E-state index in [2.05, 4.69) is 17.1 Å². The van der Waals surface area contributed by atoms with Crippen LogP contribution in [0.2, 0.25) is 0 Å². The van der Waals surface area contributed by atoms with Crippen LogP contribution in [0.1, 0.15) is 11.5 Å². The summed E-state index contributed by atoms with van der Waals surface area (Å²) in [6, 6.07) is 9.66. The van der Waals surface area contributed by atoms with Crippen LogP contribution in [0.4, 0.5) is 0 Å². The zero-order chi connectivity index (χ0) is 18.5. The standard InChI is InChI=1S/C17H18N4O4/c1-22-10-5-6-11(12(7-10)23-2)13-15(8-18)14(20)21-17(24-3,25-4)16(13,15)9-19/h5-7,13H,1-4H3,(H2,20,21)/p+1/t13-,15+,16+/m0/s1. The zero-order valence-electron chi connectivity index (χ0n) is 14.4. The van der Waals surface area contributed by atoms with Crippen molar-refractivity contribution < 1.29 is 23.9 Å². The Morgan fingerprint density at radius 1 is 1.08 bits per heavy atom. The normalized spacial score (nSPS) is 31.3. The SMILES string of the molecule is COc1ccc([C@H]2[C@]3(C#N)C(N)=[NH+]C(OC)(OC)[C@]23C#N)c(OC)c1. The summed E-state index contributed by atoms with van der Waals surface area (Å²) in [4.78, 5) is 2.85. The van der Waals surface area contributed by atoms with Crippen molar-refractivity contribution in [3.63, 3.8) is 0 Å². The molecule has 8 nitrogen and oxygen atoms in total. The third-order valence-corrected chi connectivity index (χ3v) is 5.33. The first-order chi connectivity index (χ1) is 12.0. The summed E-state index contributed by atoms with van der Waals surface area (Å²) < 4.78 is 21.6. The van der Waals surface area contributed by atoms with Crippen LogP contribution in [-0.4, -0.2) is 40.2 Å². The molecule has 0 spiro atoms. The van der Waals surface area contributed by atoms with Crippen LogP contribution >= 0.6 is 0 Å². The summed E-state index contributed by atoms with van der Waals surface area (Å²) in [6.45, 7) is 0. The Balaban J connectivity index is 2.25. The van der Waals surface area contributed by atoms with Crippen LogP contribution in [0, 0.1) is 33.5 Å². The lowest BCUT2D eigenvalue weighted by Crippen LogP contribution is -2.90. The van der Waals surface area contributed by atoms with Gasteiger partial charge >= 0.3 is 5.91 Å². The number of benzene rings is 1. The number of methoxy groups -OCH3 is 4. The van der Waals surface area contributed by atoms with E-state index in [-0.39, 0.29) is 5.84 Å². The van der Waals surface area contributed by atoms with Gasteiger partial charge in [0.15, 0.2) is 10.8 Å². The first-order valence-electron chi connectivity index (χ1n) is 7.54. The van der Waals surface area contributed by atoms with E-state index < -0.39 is 22.7 Å². The van der Waals surface area contributed by atoms with Crippen molar-refractivity contribution in [3.05, 3.63) is 23.8 Å². The highest BCUT2D eigenvalue weighted by Crippen LogP contribution is 2.79. The predicted molar refractivity (Wildman–Crippen MR) is 85.3 cm³/mol. The number of nitrogens with zero attached hydrogens (tertiary/aromatic N) is 2. The summed E-state index contributed by atoms with van der Waals surface area (Å²) in [5.41, 5.74) is 4.14. The van der Waals surface area contributed by atoms with Crippen molar-refractivity contribution in [1.82, 2.24) is 0 Å². The second-order valence-corrected chi connectivity index (χ2v) is 5.94. The molecule has 0 amide bonds. The molecule has 1 saturated carbocycles. The Morgan fingerprint density at radius 2 is 1.76 bits per heavy atom. The van der Waals surface area contributed by atoms with E-state index in [1.54, 1.807) is 25.3 Å². The maximum absolute atomic E-state index is 10.0. The largest absolute Gasteiger partial charge is 0.497 e. The molecule has 1 aliphatic carbocycles. The molecule has 1 heterocycles. The molecule has 3 N–H and O–H groups in total. The number of fused-ring (bicyclic) bond motifs is 1. The average Bonchev–Trinajstić information content (AvgIpc) is 3.22. The molecule has 1 fully saturated rings. The van der Waals surface area contributed by atoms with E-state index in [0.717, 1.165) is 0 Å². The Morgan fingerprint density at radius 3 is 2.24 bits per heavy atom. The lowest BCUT2D eigenvalue weighted by molar-refractivity contribution is -0.687. The Labute approximate surface area is 145 Å². The quantitative estimate of drug-likeness (QED) is 0.672. The number of nitrogens with two attached hydrogens (primary N) is 1. The fourth-order valence-electron chi connectivity index (χ4n) is 4.14. The van der Waals surface area contributed by atoms with Gasteiger partial charge < -0.3 is 18.9 Å². The molecular weight excluding hydrogens is 324 g/mol. The first kappa shape index (κ1) is 17.0. The highest BCUT2D eigenvalue weighted by molar-refractivity contribution is 5.95. The van der Waals surface area contributed by atoms with E-state index in [0.29, 0.717) is 17.1 Å². The Hall–Kier alpha value is -2.81. The van der Waals surface area contributed by atoms with Crippen LogP contribution in [0.25, 0.3) is 0 Å². The van der Waals surface area contributed by atoms with Crippen molar-refractivity contribution in [2.45, 2.75) is 11.8 Å². The summed E-state index contributed by atoms with van der Waals surface area (Å²) in [6.07, 6.45) is 0. The molecule has 0 unspecified atom stereocenters. The van der Waals surface area contributed by atoms with E-state index in [9.17, 15) is 10.5 Å². The third-order valence-electron chi connectivity index (χ3n) is 5.33. The molecule has 0 saturated heterocycles. The zero-order valence-corrected chi connectivity index (χ0v) is 14.4. The monoisotopic (exact) mass is 343 g/mol. The van der Waals surface area contributed by atoms with E-state index >= 15 is 0 Å². The van der Waals surface area contributed by atoms with Gasteiger partial charge in [0.05, 0.1) is 32.3 Å². The van der Waals surface area contributed by atoms with Crippen LogP contribution in [0.5, 0.6) is 11.5 Å². The first-order valence-corrected chi connectivity index (χ1v) is 7.54. The summed E-state index contributed by atoms with van der Waals surface area (Å²) >= 11 is 0. The highest BCUT2D eigenvalue weighted by Gasteiger charge is 2.97. The topological polar surface area (TPSA) is 124 Å². The van der Waals surface area contributed by atoms with E-state index in [4.69, 9.17) is 24.7 Å². The highest BCUT2D eigenvalue weighted by atomic mass is 16.7. The molecule has 8 heteroatoms. The lowest BCUT2D eigenvalue weighted by Gasteiger charge is -2.27. The lowest BCUT2D eigenvalue weighted by atomic mass is 9.93. The molecule has 3 rings (SSSR count). The summed E-state index contributed by atoms with van der Waals surface area (Å²) in [7, 11) is 5.86. The van der Waals surface area contributed by atoms with Crippen molar-refractivity contribution in [2.75, 3.05) is 28.4 Å². The van der Waals surface area contributed by atoms with Gasteiger partial charge in [-0.05, 0) is 6.07 Å². The molecule has 1 aliphatic heterocycles. The molecule has 1 aromatic rings. The number of hydrogen-bond donors (Lipinski definition) is 2. The molecular formula is C17H19N4O4+. The minimum atomic E-state index is -1.53. The van der Waals surface area contributed by atoms with Gasteiger partial charge in [-0.3, -0.25) is 5.73 Å². The fraction of sp³-hybridized carbons (Fsp3) is 0.471. The Kier molecular flexibility index (Phi) is 3.64. The predicted octanol–water partition coefficient (Wildman–Crippen LogP) is -0.781. The second kappa shape index (κ2) is 5.35. The minimum Gasteiger partial charge on any atom is -0.497 e. The van der Waals surface area contributed by atoms with Gasteiger partial charge in [0.2, 0.25) is 0 Å². The van der Waals surface area contributed by atoms with Gasteiger partial charge in [-0.2, -0.15) is 10.5 Å². The molecule has 1 aromatic carbocycles. The number of ether oxygens (including phenoxy) is 4. The number of nitriles is 2. The van der Waals surface area contributed by atoms with E-state index in [1.165, 1.54) is 21.3 Å². The number of rotatable bonds is 5. The minimum absolute atomic E-state index is 0.142. The van der Waals surface area contributed by atoms with Gasteiger partial charge in [0.25, 0.3) is 5.84 Å². The van der Waals surface area contributed by atoms with E-state index in [1.807, 2.05) is 0 Å². The smallest absolute Gasteiger partial charge is 0.342 e. The van der Waals surface area contributed by atoms with Gasteiger partial charge in [0, 0.05) is 25.8 Å². The molecule has 3 atom stereocenters. The number of nitrogens with one attached hydrogen (secondary N) is 1. The molecule has 2 aliphatic rings. The summed E-state index contributed by atoms with van der Waals surface area (Å²) in [5, 5.41) is 20.0. The van der Waals surface area contributed by atoms with Gasteiger partial charge in [-0.15, -0.1) is 0 Å². The van der Waals surface area contributed by atoms with Gasteiger partial charge in [0.1, 0.15) is 11.5 Å². The Bertz CT molecular complexity index is 836. The van der Waals surface area contributed by atoms with Crippen molar-refractivity contribution in [3.8, 4) is 23.6 Å². The maximum atomic E-state index is 10.0. The van der Waals surface area contributed by atoms with Crippen molar-refractivity contribution >= 4 is 5.84 Å². The van der Waals surface area contributed by atoms with Crippen molar-refractivity contribution in [2.24, 2.45) is 16.6 Å². The van der Waals surface area contributed by atoms with Crippen molar-refractivity contribution in [1.29, 1.82) is 10.5 Å². The number of hydrogen-bond acceptors (Lipinski definition) is 7. The average molecular weight is 343 g/mol. The van der Waals surface area contributed by atoms with Gasteiger partial charge in [-0.25, -0.2) is 4.99 Å². The third kappa shape index (κ3) is 1.63. The van der Waals surface area contributed by atoms with Crippen LogP contribution in [0.15, 0.2) is 18.2 Å². The summed E-state index contributed by atoms with van der Waals surface area (Å²) in [5.74, 6) is -0.878. The van der Waals surface area contributed by atoms with Crippen LogP contribution in [0.3, 0.4) is 0 Å². The fourth-order valence-corrected chi connectivity index (χ4v) is 4.14. The van der Waals surface area contributed by atoms with Crippen LogP contribution < -0.4 is 20.2 Å².